The lowest BCUT2D eigenvalue weighted by Gasteiger charge is -2.35. The molecule has 0 bridgehead atoms. The molecule has 0 spiro atoms. The van der Waals surface area contributed by atoms with Crippen molar-refractivity contribution >= 4 is 6.21 Å². The van der Waals surface area contributed by atoms with Crippen LogP contribution in [0.2, 0.25) is 0 Å². The predicted octanol–water partition coefficient (Wildman–Crippen LogP) is 5.08. The van der Waals surface area contributed by atoms with Gasteiger partial charge in [-0.05, 0) is 37.0 Å². The smallest absolute Gasteiger partial charge is 0.0297 e. The third kappa shape index (κ3) is 5.48. The third-order valence-electron chi connectivity index (χ3n) is 3.77. The Morgan fingerprint density at radius 1 is 1.38 bits per heavy atom. The molecule has 1 heteroatoms. The summed E-state index contributed by atoms with van der Waals surface area (Å²) in [5.41, 5.74) is 1.33. The van der Waals surface area contributed by atoms with Crippen molar-refractivity contribution in [2.75, 3.05) is 0 Å². The number of nitrogens with zero attached hydrogens (tertiary/aromatic N) is 1. The van der Waals surface area contributed by atoms with Crippen molar-refractivity contribution in [2.45, 2.75) is 60.8 Å². The molecule has 94 valence electrons. The number of aliphatic imine (C=N–C) groups is 1. The van der Waals surface area contributed by atoms with Crippen molar-refractivity contribution in [3.8, 4) is 0 Å². The molecule has 0 heterocycles. The number of hydrogen-bond acceptors (Lipinski definition) is 1. The van der Waals surface area contributed by atoms with Crippen molar-refractivity contribution in [1.29, 1.82) is 0 Å². The Morgan fingerprint density at radius 3 is 2.38 bits per heavy atom. The standard InChI is InChI=1S/C15H29N/c1-8-10-15(6,7)14(5)13(4)9-11-16-12(2)3/h11,13-14H,2,8-10H2,1,3-7H3/b16-11-. The van der Waals surface area contributed by atoms with Crippen LogP contribution in [0.25, 0.3) is 0 Å². The first-order valence-corrected chi connectivity index (χ1v) is 6.49. The summed E-state index contributed by atoms with van der Waals surface area (Å²) in [5.74, 6) is 1.41. The lowest BCUT2D eigenvalue weighted by Crippen LogP contribution is -2.27. The molecule has 16 heavy (non-hydrogen) atoms. The minimum atomic E-state index is 0.436. The van der Waals surface area contributed by atoms with Gasteiger partial charge in [0.05, 0.1) is 0 Å². The van der Waals surface area contributed by atoms with Crippen LogP contribution in [0.4, 0.5) is 0 Å². The summed E-state index contributed by atoms with van der Waals surface area (Å²) < 4.78 is 0. The second-order valence-corrected chi connectivity index (χ2v) is 5.79. The first-order chi connectivity index (χ1) is 7.31. The quantitative estimate of drug-likeness (QED) is 0.534. The van der Waals surface area contributed by atoms with Crippen LogP contribution in [-0.4, -0.2) is 6.21 Å². The van der Waals surface area contributed by atoms with Crippen molar-refractivity contribution in [2.24, 2.45) is 22.2 Å². The summed E-state index contributed by atoms with van der Waals surface area (Å²) in [6, 6.07) is 0. The molecule has 1 nitrogen and oxygen atoms in total. The molecule has 0 radical (unpaired) electrons. The highest BCUT2D eigenvalue weighted by Crippen LogP contribution is 2.37. The zero-order valence-electron chi connectivity index (χ0n) is 12.0. The molecule has 0 fully saturated rings. The Bertz CT molecular complexity index is 238. The Morgan fingerprint density at radius 2 is 1.94 bits per heavy atom. The Balaban J connectivity index is 4.26. The Kier molecular flexibility index (Phi) is 6.62. The number of allylic oxidation sites excluding steroid dienone is 1. The SMILES string of the molecule is C=C(C)/N=C\CC(C)C(C)C(C)(C)CCC. The van der Waals surface area contributed by atoms with E-state index < -0.39 is 0 Å². The lowest BCUT2D eigenvalue weighted by atomic mass is 9.70. The second-order valence-electron chi connectivity index (χ2n) is 5.79. The van der Waals surface area contributed by atoms with Crippen LogP contribution in [0.3, 0.4) is 0 Å². The molecule has 0 N–H and O–H groups in total. The van der Waals surface area contributed by atoms with Crippen LogP contribution < -0.4 is 0 Å². The van der Waals surface area contributed by atoms with E-state index in [9.17, 15) is 0 Å². The lowest BCUT2D eigenvalue weighted by molar-refractivity contribution is 0.154. The minimum absolute atomic E-state index is 0.436. The van der Waals surface area contributed by atoms with Crippen LogP contribution in [-0.2, 0) is 0 Å². The van der Waals surface area contributed by atoms with E-state index in [1.54, 1.807) is 0 Å². The van der Waals surface area contributed by atoms with Crippen molar-refractivity contribution in [1.82, 2.24) is 0 Å². The summed E-state index contributed by atoms with van der Waals surface area (Å²) in [6.07, 6.45) is 5.65. The van der Waals surface area contributed by atoms with Gasteiger partial charge in [-0.25, -0.2) is 0 Å². The van der Waals surface area contributed by atoms with Gasteiger partial charge in [0.2, 0.25) is 0 Å². The van der Waals surface area contributed by atoms with Gasteiger partial charge in [-0.2, -0.15) is 0 Å². The first kappa shape index (κ1) is 15.4. The highest BCUT2D eigenvalue weighted by atomic mass is 14.7. The zero-order valence-corrected chi connectivity index (χ0v) is 12.0. The molecule has 2 atom stereocenters. The van der Waals surface area contributed by atoms with Gasteiger partial charge >= 0.3 is 0 Å². The largest absolute Gasteiger partial charge is 0.267 e. The second kappa shape index (κ2) is 6.88. The molecule has 0 aliphatic heterocycles. The van der Waals surface area contributed by atoms with Crippen LogP contribution >= 0.6 is 0 Å². The van der Waals surface area contributed by atoms with E-state index in [0.717, 1.165) is 18.0 Å². The fourth-order valence-corrected chi connectivity index (χ4v) is 2.22. The molecule has 0 aromatic rings. The fourth-order valence-electron chi connectivity index (χ4n) is 2.22. The minimum Gasteiger partial charge on any atom is -0.267 e. The van der Waals surface area contributed by atoms with Crippen molar-refractivity contribution in [3.05, 3.63) is 12.3 Å². The van der Waals surface area contributed by atoms with E-state index in [4.69, 9.17) is 0 Å². The van der Waals surface area contributed by atoms with Gasteiger partial charge in [0.1, 0.15) is 0 Å². The van der Waals surface area contributed by atoms with E-state index >= 15 is 0 Å². The normalized spacial score (nSPS) is 16.4. The van der Waals surface area contributed by atoms with E-state index in [-0.39, 0.29) is 0 Å². The van der Waals surface area contributed by atoms with E-state index in [1.807, 2.05) is 13.1 Å². The average Bonchev–Trinajstić information content (AvgIpc) is 2.15. The van der Waals surface area contributed by atoms with Gasteiger partial charge in [0, 0.05) is 11.9 Å². The zero-order chi connectivity index (χ0) is 12.8. The molecule has 2 unspecified atom stereocenters. The van der Waals surface area contributed by atoms with Crippen LogP contribution in [0.15, 0.2) is 17.3 Å². The Labute approximate surface area is 102 Å². The van der Waals surface area contributed by atoms with Gasteiger partial charge in [-0.1, -0.05) is 47.6 Å². The van der Waals surface area contributed by atoms with Crippen LogP contribution in [0.5, 0.6) is 0 Å². The van der Waals surface area contributed by atoms with Crippen LogP contribution in [0.1, 0.15) is 60.8 Å². The summed E-state index contributed by atoms with van der Waals surface area (Å²) in [6.45, 7) is 17.4. The molecular weight excluding hydrogens is 194 g/mol. The first-order valence-electron chi connectivity index (χ1n) is 6.49. The van der Waals surface area contributed by atoms with Gasteiger partial charge in [0.15, 0.2) is 0 Å². The molecule has 0 rings (SSSR count). The molecule has 0 aliphatic carbocycles. The maximum atomic E-state index is 4.26. The molecule has 0 saturated carbocycles. The topological polar surface area (TPSA) is 12.4 Å². The van der Waals surface area contributed by atoms with E-state index in [1.165, 1.54) is 12.8 Å². The average molecular weight is 223 g/mol. The summed E-state index contributed by atoms with van der Waals surface area (Å²) in [5, 5.41) is 0. The monoisotopic (exact) mass is 223 g/mol. The van der Waals surface area contributed by atoms with Crippen molar-refractivity contribution < 1.29 is 0 Å². The summed E-state index contributed by atoms with van der Waals surface area (Å²) >= 11 is 0. The molecule has 0 amide bonds. The van der Waals surface area contributed by atoms with Crippen LogP contribution in [0, 0.1) is 17.3 Å². The Hall–Kier alpha value is -0.590. The number of rotatable bonds is 7. The summed E-state index contributed by atoms with van der Waals surface area (Å²) in [7, 11) is 0. The molecular formula is C15H29N. The van der Waals surface area contributed by atoms with Gasteiger partial charge < -0.3 is 0 Å². The van der Waals surface area contributed by atoms with E-state index in [0.29, 0.717) is 11.3 Å². The third-order valence-corrected chi connectivity index (χ3v) is 3.77. The summed E-state index contributed by atoms with van der Waals surface area (Å²) in [4.78, 5) is 4.26. The number of hydrogen-bond donors (Lipinski definition) is 0. The highest BCUT2D eigenvalue weighted by molar-refractivity contribution is 5.59. The maximum Gasteiger partial charge on any atom is 0.0297 e. The fraction of sp³-hybridized carbons (Fsp3) is 0.800. The van der Waals surface area contributed by atoms with Crippen molar-refractivity contribution in [3.63, 3.8) is 0 Å². The molecule has 0 aliphatic rings. The maximum absolute atomic E-state index is 4.26. The van der Waals surface area contributed by atoms with Gasteiger partial charge in [-0.15, -0.1) is 0 Å². The predicted molar refractivity (Wildman–Crippen MR) is 74.9 cm³/mol. The van der Waals surface area contributed by atoms with E-state index in [2.05, 4.69) is 46.2 Å². The van der Waals surface area contributed by atoms with Gasteiger partial charge in [-0.3, -0.25) is 4.99 Å². The van der Waals surface area contributed by atoms with Gasteiger partial charge in [0.25, 0.3) is 0 Å². The highest BCUT2D eigenvalue weighted by Gasteiger charge is 2.28. The molecule has 0 saturated heterocycles. The molecule has 0 aromatic heterocycles. The molecule has 0 aromatic carbocycles.